The van der Waals surface area contributed by atoms with Crippen LogP contribution in [0, 0.1) is 0 Å². The Morgan fingerprint density at radius 1 is 1.12 bits per heavy atom. The highest BCUT2D eigenvalue weighted by Crippen LogP contribution is 2.53. The van der Waals surface area contributed by atoms with Gasteiger partial charge in [0.2, 0.25) is 0 Å². The summed E-state index contributed by atoms with van der Waals surface area (Å²) in [5.74, 6) is 0.336. The molecule has 2 aromatic rings. The van der Waals surface area contributed by atoms with Crippen LogP contribution in [0.5, 0.6) is 5.75 Å². The maximum atomic E-state index is 13.5. The molecule has 4 rings (SSSR count). The molecule has 1 saturated heterocycles. The van der Waals surface area contributed by atoms with Crippen molar-refractivity contribution in [3.63, 3.8) is 0 Å². The van der Waals surface area contributed by atoms with E-state index in [4.69, 9.17) is 9.47 Å². The summed E-state index contributed by atoms with van der Waals surface area (Å²) in [7, 11) is 1.61. The number of nitrogens with one attached hydrogen (secondary N) is 1. The minimum Gasteiger partial charge on any atom is -0.497 e. The Morgan fingerprint density at radius 3 is 2.62 bits per heavy atom. The van der Waals surface area contributed by atoms with Crippen LogP contribution in [0.2, 0.25) is 0 Å². The predicted molar refractivity (Wildman–Crippen MR) is 121 cm³/mol. The Bertz CT molecular complexity index is 977. The minimum absolute atomic E-state index is 0.0309. The molecule has 1 heterocycles. The van der Waals surface area contributed by atoms with Crippen molar-refractivity contribution in [3.05, 3.63) is 65.7 Å². The van der Waals surface area contributed by atoms with E-state index in [9.17, 15) is 14.7 Å². The number of Topliss-reactive ketones (excluding diaryl/α,β-unsaturated/α-hetero) is 1. The first kappa shape index (κ1) is 22.5. The van der Waals surface area contributed by atoms with E-state index >= 15 is 0 Å². The van der Waals surface area contributed by atoms with E-state index in [0.717, 1.165) is 11.1 Å². The van der Waals surface area contributed by atoms with Crippen LogP contribution >= 0.6 is 0 Å². The molecule has 0 amide bonds. The zero-order valence-corrected chi connectivity index (χ0v) is 18.7. The summed E-state index contributed by atoms with van der Waals surface area (Å²) in [5, 5.41) is 15.6. The maximum absolute atomic E-state index is 13.5. The summed E-state index contributed by atoms with van der Waals surface area (Å²) in [6.07, 6.45) is 1.92. The number of hydrogen-bond donors (Lipinski definition) is 2. The molecule has 170 valence electrons. The summed E-state index contributed by atoms with van der Waals surface area (Å²) >= 11 is 0. The molecule has 2 N–H and O–H groups in total. The number of carbonyl (C=O) groups excluding carboxylic acids is 2. The van der Waals surface area contributed by atoms with Crippen molar-refractivity contribution in [2.45, 2.75) is 62.2 Å². The highest BCUT2D eigenvalue weighted by atomic mass is 16.5. The summed E-state index contributed by atoms with van der Waals surface area (Å²) < 4.78 is 11.0. The lowest BCUT2D eigenvalue weighted by Gasteiger charge is -2.58. The molecule has 2 aliphatic rings. The lowest BCUT2D eigenvalue weighted by molar-refractivity contribution is -0.171. The highest BCUT2D eigenvalue weighted by Gasteiger charge is 2.62. The Hall–Kier alpha value is -2.70. The quantitative estimate of drug-likeness (QED) is 0.676. The summed E-state index contributed by atoms with van der Waals surface area (Å²) in [5.41, 5.74) is -0.202. The molecular formula is C26H31NO5. The van der Waals surface area contributed by atoms with Crippen LogP contribution in [0.15, 0.2) is 54.6 Å². The fraction of sp³-hybridized carbons (Fsp3) is 0.462. The van der Waals surface area contributed by atoms with Crippen LogP contribution in [0.25, 0.3) is 0 Å². The van der Waals surface area contributed by atoms with E-state index in [1.165, 1.54) is 6.92 Å². The molecule has 6 heteroatoms. The first-order valence-electron chi connectivity index (χ1n) is 11.2. The van der Waals surface area contributed by atoms with Crippen molar-refractivity contribution in [2.75, 3.05) is 13.7 Å². The molecule has 32 heavy (non-hydrogen) atoms. The van der Waals surface area contributed by atoms with Crippen LogP contribution in [-0.2, 0) is 26.2 Å². The number of methoxy groups -OCH3 is 1. The summed E-state index contributed by atoms with van der Waals surface area (Å²) in [6, 6.07) is 16.6. The van der Waals surface area contributed by atoms with Gasteiger partial charge in [0, 0.05) is 18.8 Å². The van der Waals surface area contributed by atoms with E-state index in [0.29, 0.717) is 38.0 Å². The lowest BCUT2D eigenvalue weighted by Crippen LogP contribution is -2.72. The first-order valence-corrected chi connectivity index (χ1v) is 11.2. The van der Waals surface area contributed by atoms with Crippen LogP contribution in [0.3, 0.4) is 0 Å². The van der Waals surface area contributed by atoms with Crippen molar-refractivity contribution < 1.29 is 24.2 Å². The Balaban J connectivity index is 1.73. The molecule has 0 aromatic heterocycles. The van der Waals surface area contributed by atoms with Crippen LogP contribution in [-0.4, -0.2) is 48.3 Å². The van der Waals surface area contributed by atoms with Crippen LogP contribution in [0.4, 0.5) is 0 Å². The van der Waals surface area contributed by atoms with Crippen molar-refractivity contribution in [1.82, 2.24) is 5.32 Å². The molecule has 6 nitrogen and oxygen atoms in total. The third kappa shape index (κ3) is 4.05. The number of fused-ring (bicyclic) bond motifs is 1. The van der Waals surface area contributed by atoms with E-state index < -0.39 is 17.1 Å². The molecule has 2 fully saturated rings. The Kier molecular flexibility index (Phi) is 6.35. The zero-order chi connectivity index (χ0) is 22.8. The normalized spacial score (nSPS) is 29.6. The number of benzene rings is 2. The number of rotatable bonds is 6. The number of carbonyl (C=O) groups is 2. The van der Waals surface area contributed by atoms with Gasteiger partial charge in [-0.2, -0.15) is 0 Å². The van der Waals surface area contributed by atoms with Gasteiger partial charge in [0.05, 0.1) is 18.8 Å². The SMILES string of the molecule is COc1cccc([C@@]23CCNC(C(=O)Cc4ccccc4)[C@@]2(O)CCC(OC(C)=O)C3)c1. The molecule has 0 spiro atoms. The van der Waals surface area contributed by atoms with Gasteiger partial charge in [0.25, 0.3) is 0 Å². The van der Waals surface area contributed by atoms with Crippen LogP contribution in [0.1, 0.15) is 43.7 Å². The topological polar surface area (TPSA) is 84.9 Å². The second kappa shape index (κ2) is 9.04. The Morgan fingerprint density at radius 2 is 1.91 bits per heavy atom. The van der Waals surface area contributed by atoms with Crippen molar-refractivity contribution >= 4 is 11.8 Å². The van der Waals surface area contributed by atoms with Gasteiger partial charge >= 0.3 is 5.97 Å². The number of ketones is 1. The fourth-order valence-corrected chi connectivity index (χ4v) is 5.67. The molecule has 0 radical (unpaired) electrons. The predicted octanol–water partition coefficient (Wildman–Crippen LogP) is 2.95. The molecule has 2 aromatic carbocycles. The number of aliphatic hydroxyl groups is 1. The lowest BCUT2D eigenvalue weighted by atomic mass is 9.53. The average molecular weight is 438 g/mol. The monoisotopic (exact) mass is 437 g/mol. The number of ether oxygens (including phenoxy) is 2. The molecule has 4 atom stereocenters. The van der Waals surface area contributed by atoms with Gasteiger partial charge in [-0.1, -0.05) is 42.5 Å². The zero-order valence-electron chi connectivity index (χ0n) is 18.7. The molecule has 0 bridgehead atoms. The standard InChI is InChI=1S/C26H31NO5/c1-18(28)32-22-11-12-26(30)24(23(29)15-19-7-4-3-5-8-19)27-14-13-25(26,17-22)20-9-6-10-21(16-20)31-2/h3-10,16,22,24,27,30H,11-15,17H2,1-2H3/t22?,24?,25-,26-/m0/s1. The van der Waals surface area contributed by atoms with Crippen molar-refractivity contribution in [3.8, 4) is 5.75 Å². The minimum atomic E-state index is -1.31. The van der Waals surface area contributed by atoms with Gasteiger partial charge in [-0.05, 0) is 55.5 Å². The Labute approximate surface area is 188 Å². The highest BCUT2D eigenvalue weighted by molar-refractivity contribution is 5.88. The summed E-state index contributed by atoms with van der Waals surface area (Å²) in [6.45, 7) is 1.99. The van der Waals surface area contributed by atoms with E-state index in [2.05, 4.69) is 5.32 Å². The molecule has 1 saturated carbocycles. The fourth-order valence-electron chi connectivity index (χ4n) is 5.67. The number of esters is 1. The molecular weight excluding hydrogens is 406 g/mol. The maximum Gasteiger partial charge on any atom is 0.302 e. The molecule has 1 aliphatic carbocycles. The number of hydrogen-bond acceptors (Lipinski definition) is 6. The smallest absolute Gasteiger partial charge is 0.302 e. The van der Waals surface area contributed by atoms with Gasteiger partial charge in [-0.25, -0.2) is 0 Å². The van der Waals surface area contributed by atoms with E-state index in [-0.39, 0.29) is 24.3 Å². The van der Waals surface area contributed by atoms with Crippen molar-refractivity contribution in [2.24, 2.45) is 0 Å². The van der Waals surface area contributed by atoms with E-state index in [1.54, 1.807) is 7.11 Å². The summed E-state index contributed by atoms with van der Waals surface area (Å²) in [4.78, 5) is 25.1. The van der Waals surface area contributed by atoms with Crippen molar-refractivity contribution in [1.29, 1.82) is 0 Å². The third-order valence-corrected chi connectivity index (χ3v) is 7.13. The van der Waals surface area contributed by atoms with Crippen LogP contribution < -0.4 is 10.1 Å². The number of piperidine rings is 1. The van der Waals surface area contributed by atoms with E-state index in [1.807, 2.05) is 54.6 Å². The molecule has 1 aliphatic heterocycles. The largest absolute Gasteiger partial charge is 0.497 e. The first-order chi connectivity index (χ1) is 15.4. The third-order valence-electron chi connectivity index (χ3n) is 7.13. The molecule has 2 unspecified atom stereocenters. The van der Waals surface area contributed by atoms with Gasteiger partial charge < -0.3 is 19.9 Å². The second-order valence-corrected chi connectivity index (χ2v) is 8.98. The van der Waals surface area contributed by atoms with Gasteiger partial charge in [-0.15, -0.1) is 0 Å². The van der Waals surface area contributed by atoms with Gasteiger partial charge in [0.1, 0.15) is 11.9 Å². The van der Waals surface area contributed by atoms with Gasteiger partial charge in [0.15, 0.2) is 5.78 Å². The second-order valence-electron chi connectivity index (χ2n) is 8.98. The van der Waals surface area contributed by atoms with Gasteiger partial charge in [-0.3, -0.25) is 9.59 Å². The average Bonchev–Trinajstić information content (AvgIpc) is 2.79.